The van der Waals surface area contributed by atoms with E-state index in [1.54, 1.807) is 4.68 Å². The second kappa shape index (κ2) is 5.32. The summed E-state index contributed by atoms with van der Waals surface area (Å²) in [6.07, 6.45) is 3.79. The van der Waals surface area contributed by atoms with Gasteiger partial charge in [0, 0.05) is 0 Å². The summed E-state index contributed by atoms with van der Waals surface area (Å²) in [5.74, 6) is 0. The molecule has 2 rings (SSSR count). The predicted molar refractivity (Wildman–Crippen MR) is 69.6 cm³/mol. The molecule has 1 aromatic heterocycles. The Labute approximate surface area is 106 Å². The fourth-order valence-corrected chi connectivity index (χ4v) is 1.74. The number of halogens is 1. The maximum absolute atomic E-state index is 6.12. The van der Waals surface area contributed by atoms with Crippen molar-refractivity contribution in [3.8, 4) is 5.69 Å². The third-order valence-electron chi connectivity index (χ3n) is 2.80. The van der Waals surface area contributed by atoms with Gasteiger partial charge in [-0.2, -0.15) is 0 Å². The van der Waals surface area contributed by atoms with Gasteiger partial charge in [-0.15, -0.1) is 16.7 Å². The van der Waals surface area contributed by atoms with Crippen LogP contribution in [0.2, 0.25) is 0 Å². The maximum Gasteiger partial charge on any atom is 0.101 e. The number of aromatic nitrogens is 3. The van der Waals surface area contributed by atoms with Gasteiger partial charge < -0.3 is 0 Å². The first-order valence-corrected chi connectivity index (χ1v) is 6.33. The van der Waals surface area contributed by atoms with Gasteiger partial charge in [-0.3, -0.25) is 0 Å². The van der Waals surface area contributed by atoms with Gasteiger partial charge in [0.1, 0.15) is 5.69 Å². The molecule has 0 radical (unpaired) electrons. The number of alkyl halides is 1. The zero-order chi connectivity index (χ0) is 12.3. The Kier molecular flexibility index (Phi) is 3.79. The Morgan fingerprint density at radius 3 is 2.53 bits per heavy atom. The average Bonchev–Trinajstić information content (AvgIpc) is 2.87. The molecular formula is C13H16ClN3. The Hall–Kier alpha value is -1.35. The van der Waals surface area contributed by atoms with E-state index in [1.807, 2.05) is 25.3 Å². The van der Waals surface area contributed by atoms with Crippen molar-refractivity contribution >= 4 is 11.6 Å². The molecule has 0 bridgehead atoms. The van der Waals surface area contributed by atoms with Crippen molar-refractivity contribution in [1.82, 2.24) is 15.0 Å². The molecule has 1 aromatic carbocycles. The molecule has 0 fully saturated rings. The second-order valence-electron chi connectivity index (χ2n) is 3.98. The topological polar surface area (TPSA) is 30.7 Å². The number of nitrogens with zero attached hydrogens (tertiary/aromatic N) is 3. The second-order valence-corrected chi connectivity index (χ2v) is 4.51. The summed E-state index contributed by atoms with van der Waals surface area (Å²) in [4.78, 5) is 0. The summed E-state index contributed by atoms with van der Waals surface area (Å²) in [6.45, 7) is 4.18. The molecule has 90 valence electrons. The van der Waals surface area contributed by atoms with Gasteiger partial charge in [-0.25, -0.2) is 4.68 Å². The molecule has 17 heavy (non-hydrogen) atoms. The Bertz CT molecular complexity index is 476. The van der Waals surface area contributed by atoms with Crippen molar-refractivity contribution < 1.29 is 0 Å². The van der Waals surface area contributed by atoms with Crippen molar-refractivity contribution in [2.24, 2.45) is 0 Å². The van der Waals surface area contributed by atoms with E-state index in [0.29, 0.717) is 0 Å². The lowest BCUT2D eigenvalue weighted by Gasteiger charge is -2.02. The van der Waals surface area contributed by atoms with Crippen LogP contribution in [0.15, 0.2) is 30.5 Å². The van der Waals surface area contributed by atoms with Gasteiger partial charge in [-0.1, -0.05) is 31.2 Å². The molecule has 0 spiro atoms. The molecule has 1 atom stereocenters. The smallest absolute Gasteiger partial charge is 0.101 e. The highest BCUT2D eigenvalue weighted by Crippen LogP contribution is 2.21. The molecule has 0 aliphatic rings. The summed E-state index contributed by atoms with van der Waals surface area (Å²) in [5, 5.41) is 8.12. The van der Waals surface area contributed by atoms with Crippen LogP contribution >= 0.6 is 11.6 Å². The molecule has 3 nitrogen and oxygen atoms in total. The van der Waals surface area contributed by atoms with E-state index >= 15 is 0 Å². The van der Waals surface area contributed by atoms with Crippen LogP contribution in [-0.4, -0.2) is 15.0 Å². The zero-order valence-corrected chi connectivity index (χ0v) is 10.9. The Balaban J connectivity index is 2.24. The monoisotopic (exact) mass is 249 g/mol. The highest BCUT2D eigenvalue weighted by Gasteiger charge is 2.10. The number of hydrogen-bond donors (Lipinski definition) is 0. The Morgan fingerprint density at radius 2 is 1.94 bits per heavy atom. The average molecular weight is 250 g/mol. The van der Waals surface area contributed by atoms with E-state index in [2.05, 4.69) is 29.4 Å². The van der Waals surface area contributed by atoms with E-state index in [1.165, 1.54) is 5.56 Å². The lowest BCUT2D eigenvalue weighted by molar-refractivity contribution is 0.785. The van der Waals surface area contributed by atoms with Gasteiger partial charge in [0.2, 0.25) is 0 Å². The maximum atomic E-state index is 6.12. The van der Waals surface area contributed by atoms with Crippen LogP contribution in [-0.2, 0) is 6.42 Å². The molecule has 0 amide bonds. The summed E-state index contributed by atoms with van der Waals surface area (Å²) in [6, 6.07) is 8.31. The van der Waals surface area contributed by atoms with Crippen molar-refractivity contribution in [2.75, 3.05) is 0 Å². The van der Waals surface area contributed by atoms with Crippen LogP contribution in [0, 0.1) is 0 Å². The minimum absolute atomic E-state index is 0.0568. The molecule has 0 aliphatic carbocycles. The minimum Gasteiger partial charge on any atom is -0.220 e. The molecule has 2 aromatic rings. The molecule has 1 heterocycles. The summed E-state index contributed by atoms with van der Waals surface area (Å²) in [7, 11) is 0. The van der Waals surface area contributed by atoms with Crippen LogP contribution in [0.3, 0.4) is 0 Å². The van der Waals surface area contributed by atoms with Crippen LogP contribution in [0.4, 0.5) is 0 Å². The lowest BCUT2D eigenvalue weighted by Crippen LogP contribution is -1.94. The third-order valence-corrected chi connectivity index (χ3v) is 3.33. The fraction of sp³-hybridized carbons (Fsp3) is 0.385. The number of hydrogen-bond acceptors (Lipinski definition) is 2. The van der Waals surface area contributed by atoms with E-state index in [9.17, 15) is 0 Å². The summed E-state index contributed by atoms with van der Waals surface area (Å²) in [5.41, 5.74) is 3.16. The lowest BCUT2D eigenvalue weighted by atomic mass is 10.1. The van der Waals surface area contributed by atoms with Crippen molar-refractivity contribution in [2.45, 2.75) is 32.1 Å². The largest absolute Gasteiger partial charge is 0.220 e. The van der Waals surface area contributed by atoms with Crippen LogP contribution < -0.4 is 0 Å². The number of rotatable bonds is 4. The van der Waals surface area contributed by atoms with Gasteiger partial charge >= 0.3 is 0 Å². The van der Waals surface area contributed by atoms with Crippen molar-refractivity contribution in [3.05, 3.63) is 41.7 Å². The first-order valence-electron chi connectivity index (χ1n) is 5.90. The van der Waals surface area contributed by atoms with Crippen LogP contribution in [0.25, 0.3) is 5.69 Å². The van der Waals surface area contributed by atoms with Gasteiger partial charge in [0.05, 0.1) is 17.3 Å². The molecule has 0 saturated carbocycles. The quantitative estimate of drug-likeness (QED) is 0.777. The SMILES string of the molecule is CCc1ccc(-n2cc(C(Cl)CC)nn2)cc1. The third kappa shape index (κ3) is 2.67. The van der Waals surface area contributed by atoms with Gasteiger partial charge in [0.15, 0.2) is 0 Å². The first kappa shape index (κ1) is 12.1. The zero-order valence-electron chi connectivity index (χ0n) is 10.1. The molecule has 0 aliphatic heterocycles. The fourth-order valence-electron chi connectivity index (χ4n) is 1.64. The highest BCUT2D eigenvalue weighted by atomic mass is 35.5. The predicted octanol–water partition coefficient (Wildman–Crippen LogP) is 3.52. The standard InChI is InChI=1S/C13H16ClN3/c1-3-10-5-7-11(8-6-10)17-9-13(15-16-17)12(14)4-2/h5-9,12H,3-4H2,1-2H3. The molecule has 1 unspecified atom stereocenters. The first-order chi connectivity index (χ1) is 8.24. The van der Waals surface area contributed by atoms with E-state index < -0.39 is 0 Å². The van der Waals surface area contributed by atoms with Gasteiger partial charge in [0.25, 0.3) is 0 Å². The number of aryl methyl sites for hydroxylation is 1. The van der Waals surface area contributed by atoms with E-state index in [0.717, 1.165) is 24.2 Å². The molecule has 0 saturated heterocycles. The van der Waals surface area contributed by atoms with Crippen LogP contribution in [0.5, 0.6) is 0 Å². The Morgan fingerprint density at radius 1 is 1.24 bits per heavy atom. The van der Waals surface area contributed by atoms with Crippen molar-refractivity contribution in [3.63, 3.8) is 0 Å². The number of benzene rings is 1. The van der Waals surface area contributed by atoms with E-state index in [-0.39, 0.29) is 5.38 Å². The van der Waals surface area contributed by atoms with Gasteiger partial charge in [-0.05, 0) is 30.5 Å². The molecule has 4 heteroatoms. The molecule has 0 N–H and O–H groups in total. The van der Waals surface area contributed by atoms with E-state index in [4.69, 9.17) is 11.6 Å². The highest BCUT2D eigenvalue weighted by molar-refractivity contribution is 6.20. The summed E-state index contributed by atoms with van der Waals surface area (Å²) >= 11 is 6.12. The normalized spacial score (nSPS) is 12.6. The van der Waals surface area contributed by atoms with Crippen molar-refractivity contribution in [1.29, 1.82) is 0 Å². The summed E-state index contributed by atoms with van der Waals surface area (Å²) < 4.78 is 1.76. The molecular weight excluding hydrogens is 234 g/mol. The minimum atomic E-state index is -0.0568. The van der Waals surface area contributed by atoms with Crippen LogP contribution in [0.1, 0.15) is 36.9 Å².